The normalized spacial score (nSPS) is 12.7. The number of hydrogen-bond donors (Lipinski definition) is 0. The van der Waals surface area contributed by atoms with E-state index in [2.05, 4.69) is 9.97 Å². The molecule has 0 spiro atoms. The molecule has 0 fully saturated rings. The highest BCUT2D eigenvalue weighted by Crippen LogP contribution is 2.39. The van der Waals surface area contributed by atoms with E-state index in [1.807, 2.05) is 6.07 Å². The number of carbonyl (C=O) groups excluding carboxylic acids is 1. The molecule has 4 rings (SSSR count). The van der Waals surface area contributed by atoms with Gasteiger partial charge in [-0.3, -0.25) is 14.8 Å². The number of nitrogens with zero attached hydrogens (tertiary/aromatic N) is 2. The summed E-state index contributed by atoms with van der Waals surface area (Å²) in [6.07, 6.45) is -1.98. The lowest BCUT2D eigenvalue weighted by Crippen LogP contribution is -2.17. The molecular formula is C24H15Cl2F3N2O. The summed E-state index contributed by atoms with van der Waals surface area (Å²) in [5.41, 5.74) is 0.245. The van der Waals surface area contributed by atoms with E-state index in [4.69, 9.17) is 23.2 Å². The molecule has 0 saturated heterocycles. The van der Waals surface area contributed by atoms with Crippen molar-refractivity contribution >= 4 is 39.9 Å². The standard InChI is InChI=1S/C24H15Cl2F3N2O/c25-19-8-7-15(11-20(19)26)17(23-18(24(27,28)29)4-2-10-31-23)13-22(32)16-6-5-14-3-1-9-30-21(14)12-16/h1-12,17H,13H2/t17-/m0/s1. The minimum absolute atomic E-state index is 0.181. The highest BCUT2D eigenvalue weighted by Gasteiger charge is 2.37. The first-order valence-corrected chi connectivity index (χ1v) is 10.3. The number of halogens is 5. The van der Waals surface area contributed by atoms with Crippen LogP contribution in [0.4, 0.5) is 13.2 Å². The van der Waals surface area contributed by atoms with E-state index < -0.39 is 17.7 Å². The molecule has 0 aliphatic carbocycles. The zero-order chi connectivity index (χ0) is 22.9. The van der Waals surface area contributed by atoms with Gasteiger partial charge < -0.3 is 0 Å². The van der Waals surface area contributed by atoms with Crippen molar-refractivity contribution < 1.29 is 18.0 Å². The summed E-state index contributed by atoms with van der Waals surface area (Å²) in [7, 11) is 0. The molecular weight excluding hydrogens is 460 g/mol. The average molecular weight is 475 g/mol. The van der Waals surface area contributed by atoms with Crippen molar-refractivity contribution in [2.75, 3.05) is 0 Å². The van der Waals surface area contributed by atoms with Crippen LogP contribution < -0.4 is 0 Å². The van der Waals surface area contributed by atoms with E-state index in [-0.39, 0.29) is 27.9 Å². The third-order valence-electron chi connectivity index (χ3n) is 5.14. The molecule has 1 atom stereocenters. The Balaban J connectivity index is 1.79. The summed E-state index contributed by atoms with van der Waals surface area (Å²) in [6, 6.07) is 15.4. The number of hydrogen-bond acceptors (Lipinski definition) is 3. The first kappa shape index (κ1) is 22.2. The molecule has 0 N–H and O–H groups in total. The number of benzene rings is 2. The number of aromatic nitrogens is 2. The second-order valence-electron chi connectivity index (χ2n) is 7.20. The molecule has 0 amide bonds. The lowest BCUT2D eigenvalue weighted by Gasteiger charge is -2.21. The Morgan fingerprint density at radius 2 is 1.66 bits per heavy atom. The van der Waals surface area contributed by atoms with Gasteiger partial charge >= 0.3 is 6.18 Å². The summed E-state index contributed by atoms with van der Waals surface area (Å²) in [4.78, 5) is 21.4. The molecule has 162 valence electrons. The van der Waals surface area contributed by atoms with Crippen LogP contribution in [-0.2, 0) is 6.18 Å². The smallest absolute Gasteiger partial charge is 0.294 e. The SMILES string of the molecule is O=C(C[C@@H](c1ccc(Cl)c(Cl)c1)c1ncccc1C(F)(F)F)c1ccc2cccnc2c1. The zero-order valence-corrected chi connectivity index (χ0v) is 17.9. The maximum atomic E-state index is 13.7. The van der Waals surface area contributed by atoms with Crippen LogP contribution in [0.3, 0.4) is 0 Å². The number of carbonyl (C=O) groups is 1. The summed E-state index contributed by atoms with van der Waals surface area (Å²) in [5.74, 6) is -1.32. The Morgan fingerprint density at radius 1 is 0.906 bits per heavy atom. The largest absolute Gasteiger partial charge is 0.418 e. The Morgan fingerprint density at radius 3 is 2.41 bits per heavy atom. The number of rotatable bonds is 5. The van der Waals surface area contributed by atoms with Crippen molar-refractivity contribution in [3.63, 3.8) is 0 Å². The molecule has 2 aromatic carbocycles. The summed E-state index contributed by atoms with van der Waals surface area (Å²) in [5, 5.41) is 1.30. The van der Waals surface area contributed by atoms with Crippen molar-refractivity contribution in [3.8, 4) is 0 Å². The topological polar surface area (TPSA) is 42.9 Å². The van der Waals surface area contributed by atoms with Gasteiger partial charge in [-0.15, -0.1) is 0 Å². The second kappa shape index (κ2) is 8.88. The van der Waals surface area contributed by atoms with Crippen LogP contribution in [0.5, 0.6) is 0 Å². The molecule has 0 aliphatic heterocycles. The van der Waals surface area contributed by atoms with Gasteiger partial charge in [0.1, 0.15) is 0 Å². The van der Waals surface area contributed by atoms with E-state index in [0.717, 1.165) is 11.5 Å². The molecule has 4 aromatic rings. The first-order valence-electron chi connectivity index (χ1n) is 9.59. The molecule has 0 aliphatic rings. The number of Topliss-reactive ketones (excluding diaryl/α,β-unsaturated/α-hetero) is 1. The van der Waals surface area contributed by atoms with Crippen molar-refractivity contribution in [1.82, 2.24) is 9.97 Å². The van der Waals surface area contributed by atoms with Gasteiger partial charge in [0.05, 0.1) is 26.8 Å². The van der Waals surface area contributed by atoms with Crippen LogP contribution in [0.15, 0.2) is 73.1 Å². The lowest BCUT2D eigenvalue weighted by atomic mass is 9.86. The Kier molecular flexibility index (Phi) is 6.17. The third kappa shape index (κ3) is 4.61. The van der Waals surface area contributed by atoms with Gasteiger partial charge in [-0.05, 0) is 42.0 Å². The Bertz CT molecular complexity index is 1310. The molecule has 2 aromatic heterocycles. The molecule has 0 unspecified atom stereocenters. The number of pyridine rings is 2. The average Bonchev–Trinajstić information content (AvgIpc) is 2.78. The molecule has 32 heavy (non-hydrogen) atoms. The van der Waals surface area contributed by atoms with Gasteiger partial charge in [0.25, 0.3) is 0 Å². The maximum absolute atomic E-state index is 13.7. The summed E-state index contributed by atoms with van der Waals surface area (Å²) < 4.78 is 41.2. The van der Waals surface area contributed by atoms with E-state index in [1.54, 1.807) is 36.5 Å². The molecule has 0 saturated carbocycles. The van der Waals surface area contributed by atoms with Gasteiger partial charge in [0.2, 0.25) is 0 Å². The molecule has 0 radical (unpaired) electrons. The van der Waals surface area contributed by atoms with Crippen LogP contribution in [0.2, 0.25) is 10.0 Å². The van der Waals surface area contributed by atoms with Gasteiger partial charge in [-0.1, -0.05) is 47.5 Å². The van der Waals surface area contributed by atoms with E-state index in [0.29, 0.717) is 16.6 Å². The fourth-order valence-corrected chi connectivity index (χ4v) is 3.89. The van der Waals surface area contributed by atoms with Gasteiger partial charge in [0, 0.05) is 35.7 Å². The van der Waals surface area contributed by atoms with E-state index in [9.17, 15) is 18.0 Å². The van der Waals surface area contributed by atoms with Crippen LogP contribution >= 0.6 is 23.2 Å². The van der Waals surface area contributed by atoms with Crippen LogP contribution in [0, 0.1) is 0 Å². The monoisotopic (exact) mass is 474 g/mol. The molecule has 2 heterocycles. The number of ketones is 1. The van der Waals surface area contributed by atoms with Gasteiger partial charge in [-0.25, -0.2) is 0 Å². The van der Waals surface area contributed by atoms with Crippen molar-refractivity contribution in [2.45, 2.75) is 18.5 Å². The molecule has 8 heteroatoms. The first-order chi connectivity index (χ1) is 15.2. The highest BCUT2D eigenvalue weighted by atomic mass is 35.5. The minimum Gasteiger partial charge on any atom is -0.294 e. The van der Waals surface area contributed by atoms with Crippen molar-refractivity contribution in [2.24, 2.45) is 0 Å². The van der Waals surface area contributed by atoms with E-state index >= 15 is 0 Å². The second-order valence-corrected chi connectivity index (χ2v) is 8.01. The maximum Gasteiger partial charge on any atom is 0.418 e. The Labute approximate surface area is 191 Å². The van der Waals surface area contributed by atoms with Crippen molar-refractivity contribution in [1.29, 1.82) is 0 Å². The predicted octanol–water partition coefficient (Wildman–Crippen LogP) is 7.36. The quantitative estimate of drug-likeness (QED) is 0.283. The zero-order valence-electron chi connectivity index (χ0n) is 16.4. The third-order valence-corrected chi connectivity index (χ3v) is 5.88. The van der Waals surface area contributed by atoms with Gasteiger partial charge in [-0.2, -0.15) is 13.2 Å². The molecule has 0 bridgehead atoms. The van der Waals surface area contributed by atoms with Crippen LogP contribution in [-0.4, -0.2) is 15.8 Å². The van der Waals surface area contributed by atoms with Crippen molar-refractivity contribution in [3.05, 3.63) is 105 Å². The molecule has 3 nitrogen and oxygen atoms in total. The Hall–Kier alpha value is -2.96. The fourth-order valence-electron chi connectivity index (χ4n) is 3.58. The minimum atomic E-state index is -4.63. The summed E-state index contributed by atoms with van der Waals surface area (Å²) >= 11 is 12.1. The fraction of sp³-hybridized carbons (Fsp3) is 0.125. The number of fused-ring (bicyclic) bond motifs is 1. The van der Waals surface area contributed by atoms with Crippen LogP contribution in [0.25, 0.3) is 10.9 Å². The number of alkyl halides is 3. The van der Waals surface area contributed by atoms with Gasteiger partial charge in [0.15, 0.2) is 5.78 Å². The predicted molar refractivity (Wildman–Crippen MR) is 118 cm³/mol. The lowest BCUT2D eigenvalue weighted by molar-refractivity contribution is -0.138. The summed E-state index contributed by atoms with van der Waals surface area (Å²) in [6.45, 7) is 0. The van der Waals surface area contributed by atoms with E-state index in [1.165, 1.54) is 24.4 Å². The van der Waals surface area contributed by atoms with Crippen LogP contribution in [0.1, 0.15) is 39.5 Å². The highest BCUT2D eigenvalue weighted by molar-refractivity contribution is 6.42.